The first-order valence-electron chi connectivity index (χ1n) is 7.37. The molecular weight excluding hydrogens is 254 g/mol. The Kier molecular flexibility index (Phi) is 4.44. The van der Waals surface area contributed by atoms with Crippen molar-refractivity contribution in [2.24, 2.45) is 11.8 Å². The molecule has 0 radical (unpaired) electrons. The van der Waals surface area contributed by atoms with E-state index in [0.29, 0.717) is 5.78 Å². The summed E-state index contributed by atoms with van der Waals surface area (Å²) >= 11 is 1.72. The molecule has 2 unspecified atom stereocenters. The maximum atomic E-state index is 12.0. The van der Waals surface area contributed by atoms with Crippen molar-refractivity contribution in [3.8, 4) is 0 Å². The van der Waals surface area contributed by atoms with Crippen molar-refractivity contribution in [1.82, 2.24) is 4.98 Å². The van der Waals surface area contributed by atoms with Crippen LogP contribution in [0.2, 0.25) is 0 Å². The second-order valence-electron chi connectivity index (χ2n) is 6.79. The molecule has 0 N–H and O–H groups in total. The zero-order valence-corrected chi connectivity index (χ0v) is 13.3. The molecule has 1 fully saturated rings. The highest BCUT2D eigenvalue weighted by Gasteiger charge is 2.29. The molecule has 0 saturated heterocycles. The predicted octanol–water partition coefficient (Wildman–Crippen LogP) is 4.38. The number of carbonyl (C=O) groups is 1. The third kappa shape index (κ3) is 3.65. The van der Waals surface area contributed by atoms with Crippen molar-refractivity contribution >= 4 is 17.1 Å². The number of Topliss-reactive ketones (excluding diaryl/α,β-unsaturated/α-hetero) is 1. The second-order valence-corrected chi connectivity index (χ2v) is 7.74. The highest BCUT2D eigenvalue weighted by molar-refractivity contribution is 7.09. The molecule has 0 amide bonds. The number of nitrogens with zero attached hydrogens (tertiary/aromatic N) is 1. The van der Waals surface area contributed by atoms with Crippen LogP contribution in [-0.2, 0) is 16.6 Å². The molecule has 1 aliphatic rings. The lowest BCUT2D eigenvalue weighted by Gasteiger charge is -2.26. The Hall–Kier alpha value is -0.700. The van der Waals surface area contributed by atoms with E-state index in [2.05, 4.69) is 33.1 Å². The minimum Gasteiger partial charge on any atom is -0.299 e. The molecule has 0 aromatic carbocycles. The van der Waals surface area contributed by atoms with Crippen LogP contribution in [0, 0.1) is 11.8 Å². The van der Waals surface area contributed by atoms with Gasteiger partial charge in [-0.25, -0.2) is 4.98 Å². The molecule has 2 atom stereocenters. The molecule has 0 aliphatic heterocycles. The summed E-state index contributed by atoms with van der Waals surface area (Å²) < 4.78 is 0. The maximum absolute atomic E-state index is 12.0. The highest BCUT2D eigenvalue weighted by Crippen LogP contribution is 2.32. The summed E-state index contributed by atoms with van der Waals surface area (Å²) in [5, 5.41) is 3.29. The molecule has 0 spiro atoms. The van der Waals surface area contributed by atoms with Gasteiger partial charge in [0, 0.05) is 29.6 Å². The van der Waals surface area contributed by atoms with Gasteiger partial charge in [-0.3, -0.25) is 4.79 Å². The number of hydrogen-bond acceptors (Lipinski definition) is 3. The molecule has 106 valence electrons. The van der Waals surface area contributed by atoms with Gasteiger partial charge in [0.25, 0.3) is 0 Å². The summed E-state index contributed by atoms with van der Waals surface area (Å²) in [6, 6.07) is 0. The van der Waals surface area contributed by atoms with Crippen molar-refractivity contribution in [2.75, 3.05) is 0 Å². The van der Waals surface area contributed by atoms with Gasteiger partial charge in [-0.05, 0) is 18.8 Å². The summed E-state index contributed by atoms with van der Waals surface area (Å²) in [5.41, 5.74) is 1.26. The first kappa shape index (κ1) is 14.7. The Morgan fingerprint density at radius 3 is 2.74 bits per heavy atom. The first-order chi connectivity index (χ1) is 8.90. The second kappa shape index (κ2) is 5.74. The maximum Gasteiger partial charge on any atom is 0.136 e. The smallest absolute Gasteiger partial charge is 0.136 e. The normalized spacial score (nSPS) is 24.7. The molecule has 0 bridgehead atoms. The summed E-state index contributed by atoms with van der Waals surface area (Å²) in [6.45, 7) is 8.79. The van der Waals surface area contributed by atoms with Gasteiger partial charge in [-0.1, -0.05) is 34.1 Å². The van der Waals surface area contributed by atoms with Gasteiger partial charge in [0.15, 0.2) is 0 Å². The Bertz CT molecular complexity index is 444. The number of ketones is 1. The summed E-state index contributed by atoms with van der Waals surface area (Å²) in [6.07, 6.45) is 5.00. The SMILES string of the molecule is CCC1CCC(=O)C(Cc2nc(C(C)(C)C)cs2)C1. The van der Waals surface area contributed by atoms with Crippen LogP contribution in [-0.4, -0.2) is 10.8 Å². The molecule has 1 saturated carbocycles. The van der Waals surface area contributed by atoms with Gasteiger partial charge < -0.3 is 0 Å². The molecular formula is C16H25NOS. The average molecular weight is 279 g/mol. The van der Waals surface area contributed by atoms with Crippen LogP contribution in [0.1, 0.15) is 64.1 Å². The van der Waals surface area contributed by atoms with E-state index in [4.69, 9.17) is 4.98 Å². The minimum atomic E-state index is 0.108. The first-order valence-corrected chi connectivity index (χ1v) is 8.25. The average Bonchev–Trinajstić information content (AvgIpc) is 2.80. The topological polar surface area (TPSA) is 30.0 Å². The van der Waals surface area contributed by atoms with Crippen LogP contribution in [0.5, 0.6) is 0 Å². The Morgan fingerprint density at radius 2 is 2.16 bits per heavy atom. The van der Waals surface area contributed by atoms with Crippen LogP contribution in [0.25, 0.3) is 0 Å². The van der Waals surface area contributed by atoms with Crippen molar-refractivity contribution in [3.63, 3.8) is 0 Å². The highest BCUT2D eigenvalue weighted by atomic mass is 32.1. The fourth-order valence-corrected chi connectivity index (χ4v) is 3.83. The molecule has 1 aliphatic carbocycles. The fraction of sp³-hybridized carbons (Fsp3) is 0.750. The lowest BCUT2D eigenvalue weighted by molar-refractivity contribution is -0.125. The van der Waals surface area contributed by atoms with Crippen LogP contribution < -0.4 is 0 Å². The zero-order chi connectivity index (χ0) is 14.0. The van der Waals surface area contributed by atoms with E-state index in [1.807, 2.05) is 0 Å². The van der Waals surface area contributed by atoms with E-state index >= 15 is 0 Å². The number of carbonyl (C=O) groups excluding carboxylic acids is 1. The number of rotatable bonds is 3. The molecule has 1 aromatic rings. The molecule has 1 aromatic heterocycles. The Labute approximate surface area is 120 Å². The van der Waals surface area contributed by atoms with Crippen LogP contribution in [0.15, 0.2) is 5.38 Å². The van der Waals surface area contributed by atoms with E-state index in [9.17, 15) is 4.79 Å². The molecule has 2 rings (SSSR count). The van der Waals surface area contributed by atoms with Gasteiger partial charge in [0.2, 0.25) is 0 Å². The van der Waals surface area contributed by atoms with Crippen molar-refractivity contribution in [1.29, 1.82) is 0 Å². The largest absolute Gasteiger partial charge is 0.299 e. The van der Waals surface area contributed by atoms with E-state index < -0.39 is 0 Å². The van der Waals surface area contributed by atoms with E-state index in [1.165, 1.54) is 6.42 Å². The molecule has 19 heavy (non-hydrogen) atoms. The van der Waals surface area contributed by atoms with Crippen LogP contribution >= 0.6 is 11.3 Å². The molecule has 3 heteroatoms. The zero-order valence-electron chi connectivity index (χ0n) is 12.5. The molecule has 2 nitrogen and oxygen atoms in total. The standard InChI is InChI=1S/C16H25NOS/c1-5-11-6-7-13(18)12(8-11)9-15-17-14(10-19-15)16(2,3)4/h10-12H,5-9H2,1-4H3. The van der Waals surface area contributed by atoms with Crippen LogP contribution in [0.3, 0.4) is 0 Å². The summed E-state index contributed by atoms with van der Waals surface area (Å²) in [5.74, 6) is 1.42. The number of hydrogen-bond donors (Lipinski definition) is 0. The molecule has 1 heterocycles. The van der Waals surface area contributed by atoms with Gasteiger partial charge in [-0.2, -0.15) is 0 Å². The van der Waals surface area contributed by atoms with Crippen molar-refractivity contribution in [3.05, 3.63) is 16.1 Å². The predicted molar refractivity (Wildman–Crippen MR) is 80.6 cm³/mol. The van der Waals surface area contributed by atoms with Gasteiger partial charge in [-0.15, -0.1) is 11.3 Å². The van der Waals surface area contributed by atoms with Gasteiger partial charge >= 0.3 is 0 Å². The van der Waals surface area contributed by atoms with E-state index in [1.54, 1.807) is 11.3 Å². The third-order valence-electron chi connectivity index (χ3n) is 4.19. The Balaban J connectivity index is 2.03. The minimum absolute atomic E-state index is 0.108. The fourth-order valence-electron chi connectivity index (χ4n) is 2.73. The summed E-state index contributed by atoms with van der Waals surface area (Å²) in [7, 11) is 0. The quantitative estimate of drug-likeness (QED) is 0.822. The summed E-state index contributed by atoms with van der Waals surface area (Å²) in [4.78, 5) is 16.8. The number of thiazole rings is 1. The lowest BCUT2D eigenvalue weighted by Crippen LogP contribution is -2.26. The van der Waals surface area contributed by atoms with Crippen molar-refractivity contribution < 1.29 is 4.79 Å². The van der Waals surface area contributed by atoms with Gasteiger partial charge in [0.1, 0.15) is 5.78 Å². The third-order valence-corrected chi connectivity index (χ3v) is 5.06. The van der Waals surface area contributed by atoms with Crippen molar-refractivity contribution in [2.45, 2.75) is 65.2 Å². The Morgan fingerprint density at radius 1 is 1.42 bits per heavy atom. The monoisotopic (exact) mass is 279 g/mol. The van der Waals surface area contributed by atoms with Gasteiger partial charge in [0.05, 0.1) is 10.7 Å². The number of aromatic nitrogens is 1. The van der Waals surface area contributed by atoms with E-state index in [-0.39, 0.29) is 11.3 Å². The van der Waals surface area contributed by atoms with E-state index in [0.717, 1.165) is 42.3 Å². The lowest BCUT2D eigenvalue weighted by atomic mass is 9.78. The van der Waals surface area contributed by atoms with Crippen LogP contribution in [0.4, 0.5) is 0 Å².